The molecule has 0 bridgehead atoms. The minimum Gasteiger partial charge on any atom is -0.381 e. The van der Waals surface area contributed by atoms with E-state index in [1.165, 1.54) is 0 Å². The minimum atomic E-state index is -0.712. The van der Waals surface area contributed by atoms with Crippen molar-refractivity contribution in [3.63, 3.8) is 0 Å². The summed E-state index contributed by atoms with van der Waals surface area (Å²) in [7, 11) is 1.55. The number of rotatable bonds is 6. The number of nitrogens with zero attached hydrogens (tertiary/aromatic N) is 1. The number of hydrogen-bond donors (Lipinski definition) is 3. The summed E-state index contributed by atoms with van der Waals surface area (Å²) in [6.45, 7) is 0.962. The fraction of sp³-hybridized carbons (Fsp3) is 0.450. The van der Waals surface area contributed by atoms with Gasteiger partial charge in [0, 0.05) is 50.2 Å². The second-order valence-corrected chi connectivity index (χ2v) is 6.98. The summed E-state index contributed by atoms with van der Waals surface area (Å²) < 4.78 is 5.31. The number of likely N-dealkylation sites (N-methyl/N-ethyl adjacent to an activating group) is 1. The first-order valence-corrected chi connectivity index (χ1v) is 9.12. The van der Waals surface area contributed by atoms with Gasteiger partial charge < -0.3 is 20.4 Å². The zero-order valence-corrected chi connectivity index (χ0v) is 15.4. The van der Waals surface area contributed by atoms with E-state index in [0.29, 0.717) is 32.5 Å². The van der Waals surface area contributed by atoms with E-state index in [0.717, 1.165) is 16.5 Å². The predicted molar refractivity (Wildman–Crippen MR) is 101 cm³/mol. The van der Waals surface area contributed by atoms with Crippen LogP contribution in [0, 0.1) is 16.7 Å². The molecule has 1 saturated heterocycles. The van der Waals surface area contributed by atoms with Gasteiger partial charge in [0.05, 0.1) is 11.5 Å². The maximum absolute atomic E-state index is 12.6. The van der Waals surface area contributed by atoms with Crippen LogP contribution >= 0.6 is 0 Å². The Bertz CT molecular complexity index is 861. The zero-order valence-electron chi connectivity index (χ0n) is 15.4. The molecule has 1 atom stereocenters. The second-order valence-electron chi connectivity index (χ2n) is 6.98. The number of benzene rings is 1. The Morgan fingerprint density at radius 1 is 1.33 bits per heavy atom. The van der Waals surface area contributed by atoms with Crippen molar-refractivity contribution in [3.05, 3.63) is 36.0 Å². The first-order valence-electron chi connectivity index (χ1n) is 9.12. The van der Waals surface area contributed by atoms with E-state index in [4.69, 9.17) is 4.74 Å². The highest BCUT2D eigenvalue weighted by Gasteiger charge is 2.36. The van der Waals surface area contributed by atoms with Gasteiger partial charge in [-0.1, -0.05) is 18.2 Å². The van der Waals surface area contributed by atoms with Crippen molar-refractivity contribution < 1.29 is 14.3 Å². The molecule has 2 aromatic rings. The molecule has 7 nitrogen and oxygen atoms in total. The van der Waals surface area contributed by atoms with E-state index in [9.17, 15) is 14.9 Å². The number of nitrogens with one attached hydrogen (secondary N) is 3. The van der Waals surface area contributed by atoms with Crippen LogP contribution in [0.2, 0.25) is 0 Å². The van der Waals surface area contributed by atoms with Gasteiger partial charge in [-0.3, -0.25) is 9.59 Å². The number of aromatic nitrogens is 1. The lowest BCUT2D eigenvalue weighted by Crippen LogP contribution is -2.48. The molecule has 1 aliphatic rings. The summed E-state index contributed by atoms with van der Waals surface area (Å²) in [6, 6.07) is 9.42. The normalized spacial score (nSPS) is 17.0. The summed E-state index contributed by atoms with van der Waals surface area (Å²) in [5, 5.41) is 16.0. The van der Waals surface area contributed by atoms with Crippen LogP contribution in [0.25, 0.3) is 10.9 Å². The Morgan fingerprint density at radius 2 is 2.07 bits per heavy atom. The van der Waals surface area contributed by atoms with Gasteiger partial charge in [-0.05, 0) is 24.5 Å². The number of carbonyl (C=O) groups excluding carboxylic acids is 2. The van der Waals surface area contributed by atoms with E-state index in [1.807, 2.05) is 30.5 Å². The van der Waals surface area contributed by atoms with E-state index in [-0.39, 0.29) is 18.2 Å². The minimum absolute atomic E-state index is 0.0776. The molecule has 2 amide bonds. The molecule has 27 heavy (non-hydrogen) atoms. The highest BCUT2D eigenvalue weighted by molar-refractivity contribution is 5.89. The number of amides is 2. The van der Waals surface area contributed by atoms with Crippen molar-refractivity contribution in [2.24, 2.45) is 5.41 Å². The number of nitriles is 1. The first kappa shape index (κ1) is 18.9. The molecule has 1 aliphatic heterocycles. The Morgan fingerprint density at radius 3 is 2.78 bits per heavy atom. The molecule has 0 saturated carbocycles. The molecule has 0 aliphatic carbocycles. The summed E-state index contributed by atoms with van der Waals surface area (Å²) in [6.07, 6.45) is 3.38. The SMILES string of the molecule is CNC(=O)[C@H](Cc1c[nH]c2ccccc12)NC(=O)CC1(C#N)CCOCC1. The molecule has 3 rings (SSSR count). The van der Waals surface area contributed by atoms with Gasteiger partial charge in [-0.25, -0.2) is 0 Å². The molecular formula is C20H24N4O3. The summed E-state index contributed by atoms with van der Waals surface area (Å²) in [5.74, 6) is -0.543. The van der Waals surface area contributed by atoms with E-state index < -0.39 is 11.5 Å². The van der Waals surface area contributed by atoms with E-state index in [2.05, 4.69) is 21.7 Å². The summed E-state index contributed by atoms with van der Waals surface area (Å²) >= 11 is 0. The van der Waals surface area contributed by atoms with Crippen LogP contribution in [0.4, 0.5) is 0 Å². The fourth-order valence-corrected chi connectivity index (χ4v) is 3.55. The van der Waals surface area contributed by atoms with Gasteiger partial charge in [0.15, 0.2) is 0 Å². The van der Waals surface area contributed by atoms with Gasteiger partial charge in [-0.15, -0.1) is 0 Å². The maximum Gasteiger partial charge on any atom is 0.242 e. The standard InChI is InChI=1S/C20H24N4O3/c1-22-19(26)17(10-14-12-23-16-5-3-2-4-15(14)16)24-18(25)11-20(13-21)6-8-27-9-7-20/h2-5,12,17,23H,6-11H2,1H3,(H,22,26)(H,24,25)/t17-/m0/s1. The molecule has 3 N–H and O–H groups in total. The number of ether oxygens (including phenoxy) is 1. The van der Waals surface area contributed by atoms with Crippen LogP contribution in [-0.4, -0.2) is 43.1 Å². The third-order valence-corrected chi connectivity index (χ3v) is 5.18. The van der Waals surface area contributed by atoms with Gasteiger partial charge in [0.25, 0.3) is 0 Å². The quantitative estimate of drug-likeness (QED) is 0.721. The largest absolute Gasteiger partial charge is 0.381 e. The number of para-hydroxylation sites is 1. The van der Waals surface area contributed by atoms with Gasteiger partial charge in [-0.2, -0.15) is 5.26 Å². The smallest absolute Gasteiger partial charge is 0.242 e. The number of carbonyl (C=O) groups is 2. The molecule has 0 unspecified atom stereocenters. The number of hydrogen-bond acceptors (Lipinski definition) is 4. The van der Waals surface area contributed by atoms with Crippen molar-refractivity contribution in [2.75, 3.05) is 20.3 Å². The van der Waals surface area contributed by atoms with Crippen LogP contribution in [-0.2, 0) is 20.7 Å². The maximum atomic E-state index is 12.6. The van der Waals surface area contributed by atoms with Crippen LogP contribution in [0.3, 0.4) is 0 Å². The lowest BCUT2D eigenvalue weighted by atomic mass is 9.78. The van der Waals surface area contributed by atoms with Crippen LogP contribution in [0.1, 0.15) is 24.8 Å². The third kappa shape index (κ3) is 4.29. The Hall–Kier alpha value is -2.85. The lowest BCUT2D eigenvalue weighted by molar-refractivity contribution is -0.130. The van der Waals surface area contributed by atoms with Crippen molar-refractivity contribution >= 4 is 22.7 Å². The molecular weight excluding hydrogens is 344 g/mol. The molecule has 1 aromatic heterocycles. The summed E-state index contributed by atoms with van der Waals surface area (Å²) in [5.41, 5.74) is 1.23. The number of fused-ring (bicyclic) bond motifs is 1. The van der Waals surface area contributed by atoms with Crippen molar-refractivity contribution in [1.82, 2.24) is 15.6 Å². The highest BCUT2D eigenvalue weighted by atomic mass is 16.5. The van der Waals surface area contributed by atoms with Crippen LogP contribution in [0.15, 0.2) is 30.5 Å². The van der Waals surface area contributed by atoms with Gasteiger partial charge in [0.1, 0.15) is 6.04 Å². The van der Waals surface area contributed by atoms with Crippen LogP contribution < -0.4 is 10.6 Å². The van der Waals surface area contributed by atoms with E-state index in [1.54, 1.807) is 7.05 Å². The van der Waals surface area contributed by atoms with Crippen molar-refractivity contribution in [3.8, 4) is 6.07 Å². The van der Waals surface area contributed by atoms with Crippen molar-refractivity contribution in [1.29, 1.82) is 5.26 Å². The third-order valence-electron chi connectivity index (χ3n) is 5.18. The molecule has 1 aromatic carbocycles. The highest BCUT2D eigenvalue weighted by Crippen LogP contribution is 2.33. The average Bonchev–Trinajstić information content (AvgIpc) is 3.10. The Balaban J connectivity index is 1.72. The average molecular weight is 368 g/mol. The van der Waals surface area contributed by atoms with Crippen LogP contribution in [0.5, 0.6) is 0 Å². The number of aromatic amines is 1. The molecule has 0 spiro atoms. The monoisotopic (exact) mass is 368 g/mol. The zero-order chi connectivity index (χ0) is 19.3. The molecule has 0 radical (unpaired) electrons. The first-order chi connectivity index (χ1) is 13.1. The molecule has 1 fully saturated rings. The lowest BCUT2D eigenvalue weighted by Gasteiger charge is -2.30. The molecule has 142 valence electrons. The Labute approximate surface area is 158 Å². The Kier molecular flexibility index (Phi) is 5.77. The predicted octanol–water partition coefficient (Wildman–Crippen LogP) is 1.65. The number of H-pyrrole nitrogens is 1. The van der Waals surface area contributed by atoms with Gasteiger partial charge >= 0.3 is 0 Å². The van der Waals surface area contributed by atoms with E-state index >= 15 is 0 Å². The topological polar surface area (TPSA) is 107 Å². The molecule has 7 heteroatoms. The molecule has 2 heterocycles. The second kappa shape index (κ2) is 8.23. The van der Waals surface area contributed by atoms with Crippen molar-refractivity contribution in [2.45, 2.75) is 31.7 Å². The fourth-order valence-electron chi connectivity index (χ4n) is 3.55. The summed E-state index contributed by atoms with van der Waals surface area (Å²) in [4.78, 5) is 28.1. The van der Waals surface area contributed by atoms with Gasteiger partial charge in [0.2, 0.25) is 11.8 Å².